The highest BCUT2D eigenvalue weighted by Gasteiger charge is 2.15. The van der Waals surface area contributed by atoms with Gasteiger partial charge in [-0.2, -0.15) is 0 Å². The number of benzene rings is 2. The molecule has 0 aliphatic heterocycles. The lowest BCUT2D eigenvalue weighted by atomic mass is 10.2. The van der Waals surface area contributed by atoms with Gasteiger partial charge in [-0.25, -0.2) is 9.97 Å². The minimum absolute atomic E-state index is 0.223. The van der Waals surface area contributed by atoms with Gasteiger partial charge < -0.3 is 16.4 Å². The van der Waals surface area contributed by atoms with Crippen LogP contribution >= 0.6 is 22.9 Å². The van der Waals surface area contributed by atoms with Gasteiger partial charge in [-0.1, -0.05) is 23.7 Å². The summed E-state index contributed by atoms with van der Waals surface area (Å²) in [6.45, 7) is 1.95. The molecule has 0 radical (unpaired) electrons. The molecular weight excluding hydrogens is 456 g/mol. The van der Waals surface area contributed by atoms with E-state index in [4.69, 9.17) is 22.3 Å². The number of rotatable bonds is 5. The number of nitrogens with zero attached hydrogens (tertiary/aromatic N) is 3. The van der Waals surface area contributed by atoms with Gasteiger partial charge in [0.2, 0.25) is 0 Å². The Labute approximate surface area is 198 Å². The number of hydrogen-bond donors (Lipinski definition) is 3. The summed E-state index contributed by atoms with van der Waals surface area (Å²) in [5.41, 5.74) is 11.8. The van der Waals surface area contributed by atoms with E-state index >= 15 is 0 Å². The first-order valence-electron chi connectivity index (χ1n) is 10.1. The Morgan fingerprint density at radius 2 is 1.88 bits per heavy atom. The molecule has 7 nitrogen and oxygen atoms in total. The van der Waals surface area contributed by atoms with Crippen molar-refractivity contribution in [2.24, 2.45) is 0 Å². The molecule has 5 rings (SSSR count). The minimum atomic E-state index is -0.223. The van der Waals surface area contributed by atoms with Crippen molar-refractivity contribution >= 4 is 56.7 Å². The van der Waals surface area contributed by atoms with E-state index in [9.17, 15) is 4.79 Å². The minimum Gasteiger partial charge on any atom is -0.397 e. The number of aryl methyl sites for hydroxylation is 1. The van der Waals surface area contributed by atoms with Crippen molar-refractivity contribution in [2.75, 3.05) is 16.4 Å². The SMILES string of the molecule is Cc1nc2cc(Cl)ccn2c1-c1csc(Nc2ccc(C(=O)Nc3ccccc3N)cc2)n1. The van der Waals surface area contributed by atoms with Crippen LogP contribution in [-0.2, 0) is 0 Å². The van der Waals surface area contributed by atoms with Crippen molar-refractivity contribution in [1.82, 2.24) is 14.4 Å². The van der Waals surface area contributed by atoms with Crippen molar-refractivity contribution in [3.05, 3.63) is 88.5 Å². The molecule has 0 aliphatic rings. The second-order valence-electron chi connectivity index (χ2n) is 7.40. The van der Waals surface area contributed by atoms with E-state index < -0.39 is 0 Å². The molecule has 3 heterocycles. The molecule has 33 heavy (non-hydrogen) atoms. The number of amides is 1. The van der Waals surface area contributed by atoms with E-state index in [0.29, 0.717) is 22.0 Å². The second kappa shape index (κ2) is 8.57. The van der Waals surface area contributed by atoms with Gasteiger partial charge >= 0.3 is 0 Å². The molecule has 3 aromatic heterocycles. The van der Waals surface area contributed by atoms with E-state index in [1.165, 1.54) is 11.3 Å². The van der Waals surface area contributed by atoms with Crippen LogP contribution < -0.4 is 16.4 Å². The number of imidazole rings is 1. The number of carbonyl (C=O) groups excluding carboxylic acids is 1. The van der Waals surface area contributed by atoms with Crippen molar-refractivity contribution in [3.8, 4) is 11.4 Å². The fourth-order valence-corrected chi connectivity index (χ4v) is 4.39. The van der Waals surface area contributed by atoms with Gasteiger partial charge in [0, 0.05) is 33.9 Å². The average Bonchev–Trinajstić information content (AvgIpc) is 3.38. The maximum absolute atomic E-state index is 12.5. The van der Waals surface area contributed by atoms with E-state index in [1.54, 1.807) is 24.3 Å². The molecule has 1 amide bonds. The number of carbonyl (C=O) groups is 1. The molecule has 0 saturated heterocycles. The fraction of sp³-hybridized carbons (Fsp3) is 0.0417. The summed E-state index contributed by atoms with van der Waals surface area (Å²) in [4.78, 5) is 21.8. The zero-order valence-corrected chi connectivity index (χ0v) is 19.1. The smallest absolute Gasteiger partial charge is 0.255 e. The number of anilines is 4. The predicted octanol–water partition coefficient (Wildman–Crippen LogP) is 6.00. The van der Waals surface area contributed by atoms with E-state index in [-0.39, 0.29) is 5.91 Å². The van der Waals surface area contributed by atoms with Gasteiger partial charge in [0.25, 0.3) is 5.91 Å². The molecule has 5 aromatic rings. The topological polar surface area (TPSA) is 97.3 Å². The summed E-state index contributed by atoms with van der Waals surface area (Å²) in [7, 11) is 0. The highest BCUT2D eigenvalue weighted by molar-refractivity contribution is 7.14. The summed E-state index contributed by atoms with van der Waals surface area (Å²) in [6, 6.07) is 18.0. The third kappa shape index (κ3) is 4.26. The Hall–Kier alpha value is -3.88. The summed E-state index contributed by atoms with van der Waals surface area (Å²) in [5.74, 6) is -0.223. The molecule has 0 fully saturated rings. The molecule has 0 unspecified atom stereocenters. The number of nitrogens with one attached hydrogen (secondary N) is 2. The molecule has 0 spiro atoms. The second-order valence-corrected chi connectivity index (χ2v) is 8.70. The van der Waals surface area contributed by atoms with Crippen molar-refractivity contribution in [1.29, 1.82) is 0 Å². The maximum atomic E-state index is 12.5. The molecule has 2 aromatic carbocycles. The Bertz CT molecular complexity index is 1470. The van der Waals surface area contributed by atoms with Crippen LogP contribution in [0, 0.1) is 6.92 Å². The van der Waals surface area contributed by atoms with Crippen LogP contribution in [0.25, 0.3) is 17.0 Å². The summed E-state index contributed by atoms with van der Waals surface area (Å²) < 4.78 is 1.98. The van der Waals surface area contributed by atoms with Crippen molar-refractivity contribution < 1.29 is 4.79 Å². The number of para-hydroxylation sites is 2. The summed E-state index contributed by atoms with van der Waals surface area (Å²) in [5, 5.41) is 9.49. The number of aromatic nitrogens is 3. The first kappa shape index (κ1) is 21.0. The molecule has 0 atom stereocenters. The normalized spacial score (nSPS) is 11.0. The summed E-state index contributed by atoms with van der Waals surface area (Å²) in [6.07, 6.45) is 1.90. The number of hydrogen-bond acceptors (Lipinski definition) is 6. The number of pyridine rings is 1. The maximum Gasteiger partial charge on any atom is 0.255 e. The van der Waals surface area contributed by atoms with E-state index in [2.05, 4.69) is 15.6 Å². The predicted molar refractivity (Wildman–Crippen MR) is 135 cm³/mol. The highest BCUT2D eigenvalue weighted by atomic mass is 35.5. The monoisotopic (exact) mass is 474 g/mol. The molecule has 164 valence electrons. The lowest BCUT2D eigenvalue weighted by Gasteiger charge is -2.08. The first-order chi connectivity index (χ1) is 16.0. The van der Waals surface area contributed by atoms with Gasteiger partial charge in [0.1, 0.15) is 11.3 Å². The van der Waals surface area contributed by atoms with Gasteiger partial charge in [-0.3, -0.25) is 9.20 Å². The van der Waals surface area contributed by atoms with Crippen LogP contribution in [-0.4, -0.2) is 20.3 Å². The Morgan fingerprint density at radius 1 is 1.09 bits per heavy atom. The number of nitrogens with two attached hydrogens (primary N) is 1. The van der Waals surface area contributed by atoms with Crippen LogP contribution in [0.15, 0.2) is 72.2 Å². The molecule has 9 heteroatoms. The average molecular weight is 475 g/mol. The molecule has 0 saturated carbocycles. The van der Waals surface area contributed by atoms with Crippen LogP contribution in [0.3, 0.4) is 0 Å². The van der Waals surface area contributed by atoms with Crippen LogP contribution in [0.1, 0.15) is 16.1 Å². The molecule has 0 bridgehead atoms. The third-order valence-corrected chi connectivity index (χ3v) is 6.11. The molecule has 4 N–H and O–H groups in total. The Morgan fingerprint density at radius 3 is 2.67 bits per heavy atom. The third-order valence-electron chi connectivity index (χ3n) is 5.12. The van der Waals surface area contributed by atoms with Gasteiger partial charge in [-0.05, 0) is 49.4 Å². The van der Waals surface area contributed by atoms with Crippen LogP contribution in [0.4, 0.5) is 22.2 Å². The first-order valence-corrected chi connectivity index (χ1v) is 11.4. The zero-order valence-electron chi connectivity index (χ0n) is 17.5. The Kier molecular flexibility index (Phi) is 5.45. The molecular formula is C24H19ClN6OS. The van der Waals surface area contributed by atoms with Crippen LogP contribution in [0.5, 0.6) is 0 Å². The number of thiazole rings is 1. The Balaban J connectivity index is 1.32. The standard InChI is InChI=1S/C24H19ClN6OS/c1-14-22(31-11-10-16(25)12-21(31)27-14)20-13-33-24(30-20)28-17-8-6-15(7-9-17)23(32)29-19-5-3-2-4-18(19)26/h2-13H,26H2,1H3,(H,28,30)(H,29,32). The van der Waals surface area contributed by atoms with E-state index in [1.807, 2.05) is 59.3 Å². The van der Waals surface area contributed by atoms with Gasteiger partial charge in [0.15, 0.2) is 5.13 Å². The lowest BCUT2D eigenvalue weighted by Crippen LogP contribution is -2.13. The number of halogens is 1. The number of nitrogen functional groups attached to an aromatic ring is 1. The van der Waals surface area contributed by atoms with Gasteiger partial charge in [0.05, 0.1) is 22.8 Å². The van der Waals surface area contributed by atoms with Crippen molar-refractivity contribution in [2.45, 2.75) is 6.92 Å². The van der Waals surface area contributed by atoms with Crippen molar-refractivity contribution in [3.63, 3.8) is 0 Å². The zero-order chi connectivity index (χ0) is 22.9. The summed E-state index contributed by atoms with van der Waals surface area (Å²) >= 11 is 7.59. The number of fused-ring (bicyclic) bond motifs is 1. The quantitative estimate of drug-likeness (QED) is 0.271. The van der Waals surface area contributed by atoms with E-state index in [0.717, 1.165) is 33.5 Å². The highest BCUT2D eigenvalue weighted by Crippen LogP contribution is 2.30. The lowest BCUT2D eigenvalue weighted by molar-refractivity contribution is 0.102. The van der Waals surface area contributed by atoms with Crippen LogP contribution in [0.2, 0.25) is 5.02 Å². The fourth-order valence-electron chi connectivity index (χ4n) is 3.52. The molecule has 0 aliphatic carbocycles. The van der Waals surface area contributed by atoms with Gasteiger partial charge in [-0.15, -0.1) is 11.3 Å². The largest absolute Gasteiger partial charge is 0.397 e.